The average molecular weight is 446 g/mol. The van der Waals surface area contributed by atoms with E-state index >= 15 is 0 Å². The van der Waals surface area contributed by atoms with Crippen LogP contribution in [0.5, 0.6) is 0 Å². The largest absolute Gasteiger partial charge is 0.365 e. The summed E-state index contributed by atoms with van der Waals surface area (Å²) in [5.74, 6) is 2.76. The fourth-order valence-corrected chi connectivity index (χ4v) is 5.80. The van der Waals surface area contributed by atoms with Crippen molar-refractivity contribution < 1.29 is 0 Å². The summed E-state index contributed by atoms with van der Waals surface area (Å²) in [7, 11) is 0. The molecule has 1 aliphatic carbocycles. The van der Waals surface area contributed by atoms with E-state index in [1.807, 2.05) is 0 Å². The first kappa shape index (κ1) is 20.9. The molecule has 7 nitrogen and oxygen atoms in total. The number of H-pyrrole nitrogens is 1. The lowest BCUT2D eigenvalue weighted by molar-refractivity contribution is 0.234. The van der Waals surface area contributed by atoms with Gasteiger partial charge < -0.3 is 15.2 Å². The number of imidazole rings is 1. The zero-order valence-electron chi connectivity index (χ0n) is 19.5. The maximum atomic E-state index is 4.99. The number of benzene rings is 1. The molecule has 33 heavy (non-hydrogen) atoms. The molecule has 0 bridgehead atoms. The highest BCUT2D eigenvalue weighted by Gasteiger charge is 2.27. The average Bonchev–Trinajstić information content (AvgIpc) is 3.59. The number of rotatable bonds is 6. The summed E-state index contributed by atoms with van der Waals surface area (Å²) in [6, 6.07) is 11.1. The van der Waals surface area contributed by atoms with E-state index in [4.69, 9.17) is 15.0 Å². The quantitative estimate of drug-likeness (QED) is 0.605. The Morgan fingerprint density at radius 1 is 0.970 bits per heavy atom. The predicted octanol–water partition coefficient (Wildman–Crippen LogP) is 3.84. The molecule has 1 aromatic carbocycles. The molecule has 1 saturated carbocycles. The van der Waals surface area contributed by atoms with Crippen LogP contribution in [-0.2, 0) is 13.0 Å². The second-order valence-electron chi connectivity index (χ2n) is 9.99. The fourth-order valence-electron chi connectivity index (χ4n) is 5.80. The molecule has 2 aromatic heterocycles. The lowest BCUT2D eigenvalue weighted by Gasteiger charge is -2.25. The molecular formula is C26H35N7. The molecule has 4 heterocycles. The van der Waals surface area contributed by atoms with Crippen molar-refractivity contribution in [2.75, 3.05) is 31.5 Å². The summed E-state index contributed by atoms with van der Waals surface area (Å²) in [5, 5.41) is 3.79. The van der Waals surface area contributed by atoms with Crippen LogP contribution in [0.2, 0.25) is 0 Å². The number of aromatic nitrogens is 4. The van der Waals surface area contributed by atoms with Crippen LogP contribution in [-0.4, -0.2) is 56.6 Å². The summed E-state index contributed by atoms with van der Waals surface area (Å²) < 4.78 is 2.28. The highest BCUT2D eigenvalue weighted by Crippen LogP contribution is 2.34. The smallest absolute Gasteiger partial charge is 0.228 e. The van der Waals surface area contributed by atoms with Crippen molar-refractivity contribution in [3.8, 4) is 0 Å². The van der Waals surface area contributed by atoms with E-state index in [9.17, 15) is 0 Å². The number of nitrogens with one attached hydrogen (secondary N) is 2. The Balaban J connectivity index is 1.31. The van der Waals surface area contributed by atoms with E-state index < -0.39 is 0 Å². The van der Waals surface area contributed by atoms with Crippen molar-refractivity contribution in [2.45, 2.75) is 69.9 Å². The molecule has 2 N–H and O–H groups in total. The van der Waals surface area contributed by atoms with Gasteiger partial charge >= 0.3 is 0 Å². The predicted molar refractivity (Wildman–Crippen MR) is 131 cm³/mol. The lowest BCUT2D eigenvalue weighted by atomic mass is 10.1. The van der Waals surface area contributed by atoms with Crippen molar-refractivity contribution >= 4 is 17.0 Å². The van der Waals surface area contributed by atoms with Crippen molar-refractivity contribution in [3.63, 3.8) is 0 Å². The number of fused-ring (bicyclic) bond motifs is 3. The Morgan fingerprint density at radius 2 is 1.79 bits per heavy atom. The van der Waals surface area contributed by atoms with Crippen LogP contribution in [0.4, 0.5) is 5.82 Å². The van der Waals surface area contributed by atoms with Crippen LogP contribution in [0, 0.1) is 0 Å². The number of hydrogen-bond donors (Lipinski definition) is 2. The second kappa shape index (κ2) is 9.29. The monoisotopic (exact) mass is 445 g/mol. The van der Waals surface area contributed by atoms with Gasteiger partial charge in [0.25, 0.3) is 0 Å². The number of aromatic amines is 1. The molecule has 7 heteroatoms. The van der Waals surface area contributed by atoms with Gasteiger partial charge in [0, 0.05) is 25.0 Å². The molecule has 2 fully saturated rings. The molecule has 174 valence electrons. The molecule has 0 radical (unpaired) electrons. The molecule has 6 rings (SSSR count). The van der Waals surface area contributed by atoms with Crippen molar-refractivity contribution in [1.82, 2.24) is 24.4 Å². The van der Waals surface area contributed by atoms with E-state index in [1.165, 1.54) is 63.6 Å². The van der Waals surface area contributed by atoms with Crippen molar-refractivity contribution in [3.05, 3.63) is 47.3 Å². The molecular weight excluding hydrogens is 410 g/mol. The van der Waals surface area contributed by atoms with Gasteiger partial charge in [0.05, 0.1) is 6.54 Å². The Kier molecular flexibility index (Phi) is 5.89. The topological polar surface area (TPSA) is 74.1 Å². The summed E-state index contributed by atoms with van der Waals surface area (Å²) in [6.45, 7) is 5.11. The van der Waals surface area contributed by atoms with E-state index in [-0.39, 0.29) is 0 Å². The lowest BCUT2D eigenvalue weighted by Crippen LogP contribution is -2.33. The van der Waals surface area contributed by atoms with Gasteiger partial charge in [-0.25, -0.2) is 9.98 Å². The van der Waals surface area contributed by atoms with Crippen LogP contribution in [0.15, 0.2) is 35.3 Å². The first-order valence-corrected chi connectivity index (χ1v) is 12.9. The molecule has 0 amide bonds. The SMILES string of the molecule is c1ccc(C[C@@H]2Cn3c(c4[nH]c(C5CCCC5)nc4nc3=NCCN3CCCCC3)N2)cc1. The van der Waals surface area contributed by atoms with Crippen LogP contribution in [0.25, 0.3) is 11.2 Å². The van der Waals surface area contributed by atoms with Crippen molar-refractivity contribution in [2.24, 2.45) is 4.99 Å². The molecule has 0 unspecified atom stereocenters. The summed E-state index contributed by atoms with van der Waals surface area (Å²) in [6.07, 6.45) is 10.0. The zero-order chi connectivity index (χ0) is 22.0. The maximum Gasteiger partial charge on any atom is 0.228 e. The van der Waals surface area contributed by atoms with Gasteiger partial charge in [0.1, 0.15) is 17.2 Å². The molecule has 1 atom stereocenters. The zero-order valence-corrected chi connectivity index (χ0v) is 19.5. The van der Waals surface area contributed by atoms with Crippen LogP contribution in [0.1, 0.15) is 62.3 Å². The third-order valence-corrected chi connectivity index (χ3v) is 7.59. The molecule has 1 saturated heterocycles. The number of likely N-dealkylation sites (tertiary alicyclic amines) is 1. The van der Waals surface area contributed by atoms with Gasteiger partial charge in [-0.1, -0.05) is 49.6 Å². The van der Waals surface area contributed by atoms with Gasteiger partial charge in [0.2, 0.25) is 5.62 Å². The Bertz CT molecular complexity index is 1150. The summed E-state index contributed by atoms with van der Waals surface area (Å²) >= 11 is 0. The maximum absolute atomic E-state index is 4.99. The Morgan fingerprint density at radius 3 is 2.61 bits per heavy atom. The minimum Gasteiger partial charge on any atom is -0.365 e. The van der Waals surface area contributed by atoms with Crippen LogP contribution >= 0.6 is 0 Å². The molecule has 3 aliphatic rings. The normalized spacial score (nSPS) is 22.2. The highest BCUT2D eigenvalue weighted by atomic mass is 15.3. The van der Waals surface area contributed by atoms with Crippen LogP contribution < -0.4 is 10.9 Å². The third-order valence-electron chi connectivity index (χ3n) is 7.59. The van der Waals surface area contributed by atoms with Gasteiger partial charge in [-0.15, -0.1) is 0 Å². The molecule has 2 aliphatic heterocycles. The highest BCUT2D eigenvalue weighted by molar-refractivity contribution is 5.84. The first-order chi connectivity index (χ1) is 16.3. The standard InChI is InChI=1S/C26H35N7/c1-3-9-19(10-4-1)17-21-18-33-25(28-21)22-24(30-23(29-22)20-11-5-6-12-20)31-26(33)27-13-16-32-14-7-2-8-15-32/h1,3-4,9-10,20-21,28H,2,5-8,11-18H2,(H,27,29,30,31)/t21-/m1/s1. The molecule has 0 spiro atoms. The van der Waals surface area contributed by atoms with Gasteiger partial charge in [-0.05, 0) is 50.8 Å². The second-order valence-corrected chi connectivity index (χ2v) is 9.99. The van der Waals surface area contributed by atoms with Crippen LogP contribution in [0.3, 0.4) is 0 Å². The van der Waals surface area contributed by atoms with E-state index in [1.54, 1.807) is 0 Å². The third kappa shape index (κ3) is 4.43. The summed E-state index contributed by atoms with van der Waals surface area (Å²) in [5.41, 5.74) is 4.03. The Hall–Kier alpha value is -2.67. The van der Waals surface area contributed by atoms with Gasteiger partial charge in [-0.3, -0.25) is 4.57 Å². The number of piperidine rings is 1. The molecule has 3 aromatic rings. The first-order valence-electron chi connectivity index (χ1n) is 12.9. The number of hydrogen-bond acceptors (Lipinski definition) is 5. The number of anilines is 1. The van der Waals surface area contributed by atoms with Gasteiger partial charge in [-0.2, -0.15) is 4.98 Å². The Labute approximate surface area is 195 Å². The van der Waals surface area contributed by atoms with E-state index in [2.05, 4.69) is 50.1 Å². The van der Waals surface area contributed by atoms with E-state index in [0.717, 1.165) is 54.5 Å². The minimum absolute atomic E-state index is 0.328. The number of nitrogens with zero attached hydrogens (tertiary/aromatic N) is 5. The van der Waals surface area contributed by atoms with Gasteiger partial charge in [0.15, 0.2) is 5.65 Å². The van der Waals surface area contributed by atoms with Crippen molar-refractivity contribution in [1.29, 1.82) is 0 Å². The summed E-state index contributed by atoms with van der Waals surface area (Å²) in [4.78, 5) is 21.1. The van der Waals surface area contributed by atoms with E-state index in [0.29, 0.717) is 12.0 Å². The fraction of sp³-hybridized carbons (Fsp3) is 0.577. The minimum atomic E-state index is 0.328.